The highest BCUT2D eigenvalue weighted by Gasteiger charge is 2.24. The van der Waals surface area contributed by atoms with Crippen LogP contribution in [-0.2, 0) is 13.1 Å². The van der Waals surface area contributed by atoms with E-state index in [4.69, 9.17) is 0 Å². The van der Waals surface area contributed by atoms with Crippen LogP contribution in [0.5, 0.6) is 0 Å². The van der Waals surface area contributed by atoms with Gasteiger partial charge in [-0.15, -0.1) is 0 Å². The van der Waals surface area contributed by atoms with E-state index in [9.17, 15) is 19.1 Å². The fourth-order valence-corrected chi connectivity index (χ4v) is 3.44. The third-order valence-corrected chi connectivity index (χ3v) is 4.60. The smallest absolute Gasteiger partial charge is 0.338 e. The maximum atomic E-state index is 14.3. The number of rotatable bonds is 5. The number of aromatic carboxylic acids is 1. The van der Waals surface area contributed by atoms with Crippen molar-refractivity contribution in [2.24, 2.45) is 0 Å². The van der Waals surface area contributed by atoms with E-state index < -0.39 is 17.3 Å². The molecule has 1 aromatic carbocycles. The molecule has 0 bridgehead atoms. The number of hydrogen-bond donors (Lipinski definition) is 2. The highest BCUT2D eigenvalue weighted by Crippen LogP contribution is 2.24. The Balaban J connectivity index is 2.27. The molecule has 3 rings (SSSR count). The van der Waals surface area contributed by atoms with Crippen LogP contribution in [0.15, 0.2) is 23.0 Å². The maximum absolute atomic E-state index is 14.3. The minimum atomic E-state index is -1.13. The average Bonchev–Trinajstić information content (AvgIpc) is 2.59. The Kier molecular flexibility index (Phi) is 5.15. The Morgan fingerprint density at radius 1 is 1.32 bits per heavy atom. The Hall–Kier alpha value is -2.25. The van der Waals surface area contributed by atoms with Gasteiger partial charge in [0.05, 0.1) is 16.6 Å². The number of carboxylic acids is 1. The third kappa shape index (κ3) is 3.29. The number of carboxylic acid groups (broad SMARTS) is 1. The fourth-order valence-electron chi connectivity index (χ4n) is 3.44. The molecule has 7 heteroatoms. The van der Waals surface area contributed by atoms with E-state index in [1.54, 1.807) is 0 Å². The van der Waals surface area contributed by atoms with Crippen LogP contribution in [0.25, 0.3) is 10.8 Å². The molecule has 2 aromatic rings. The summed E-state index contributed by atoms with van der Waals surface area (Å²) in [7, 11) is 0. The summed E-state index contributed by atoms with van der Waals surface area (Å²) in [5, 5.41) is 13.1. The van der Waals surface area contributed by atoms with Gasteiger partial charge in [-0.2, -0.15) is 0 Å². The molecule has 1 aliphatic rings. The number of nitrogens with zero attached hydrogens (tertiary/aromatic N) is 2. The molecular weight excluding hydrogens is 325 g/mol. The number of piperazine rings is 1. The molecule has 1 fully saturated rings. The monoisotopic (exact) mass is 347 g/mol. The quantitative estimate of drug-likeness (QED) is 0.860. The van der Waals surface area contributed by atoms with Crippen molar-refractivity contribution in [1.29, 1.82) is 0 Å². The first-order valence-electron chi connectivity index (χ1n) is 8.54. The average molecular weight is 347 g/mol. The summed E-state index contributed by atoms with van der Waals surface area (Å²) >= 11 is 0. The van der Waals surface area contributed by atoms with E-state index in [2.05, 4.69) is 10.2 Å². The molecular formula is C18H22FN3O3. The zero-order valence-corrected chi connectivity index (χ0v) is 14.2. The van der Waals surface area contributed by atoms with Crippen molar-refractivity contribution in [3.63, 3.8) is 0 Å². The van der Waals surface area contributed by atoms with Gasteiger partial charge >= 0.3 is 5.97 Å². The summed E-state index contributed by atoms with van der Waals surface area (Å²) < 4.78 is 15.7. The van der Waals surface area contributed by atoms with Gasteiger partial charge in [0.2, 0.25) is 0 Å². The molecule has 1 aliphatic heterocycles. The van der Waals surface area contributed by atoms with Crippen LogP contribution in [-0.4, -0.2) is 46.7 Å². The fraction of sp³-hybridized carbons (Fsp3) is 0.444. The third-order valence-electron chi connectivity index (χ3n) is 4.60. The second-order valence-corrected chi connectivity index (χ2v) is 6.27. The SMILES string of the molecule is CCCn1c(CN2CCNCC2)c(C(=O)O)c2cccc(F)c2c1=O. The van der Waals surface area contributed by atoms with Crippen LogP contribution < -0.4 is 10.9 Å². The molecule has 0 unspecified atom stereocenters. The van der Waals surface area contributed by atoms with E-state index in [0.29, 0.717) is 25.2 Å². The summed E-state index contributed by atoms with van der Waals surface area (Å²) in [5.41, 5.74) is 0.0329. The molecule has 0 amide bonds. The number of nitrogens with one attached hydrogen (secondary N) is 1. The highest BCUT2D eigenvalue weighted by atomic mass is 19.1. The van der Waals surface area contributed by atoms with Gasteiger partial charge < -0.3 is 15.0 Å². The number of hydrogen-bond acceptors (Lipinski definition) is 4. The van der Waals surface area contributed by atoms with E-state index in [-0.39, 0.29) is 16.3 Å². The van der Waals surface area contributed by atoms with Gasteiger partial charge in [-0.05, 0) is 12.5 Å². The van der Waals surface area contributed by atoms with Crippen molar-refractivity contribution in [1.82, 2.24) is 14.8 Å². The second-order valence-electron chi connectivity index (χ2n) is 6.27. The van der Waals surface area contributed by atoms with E-state index in [0.717, 1.165) is 26.2 Å². The minimum Gasteiger partial charge on any atom is -0.478 e. The molecule has 0 radical (unpaired) electrons. The number of benzene rings is 1. The summed E-state index contributed by atoms with van der Waals surface area (Å²) in [6.07, 6.45) is 0.660. The van der Waals surface area contributed by atoms with Crippen molar-refractivity contribution < 1.29 is 14.3 Å². The Morgan fingerprint density at radius 2 is 2.04 bits per heavy atom. The number of carbonyl (C=O) groups is 1. The second kappa shape index (κ2) is 7.33. The number of fused-ring (bicyclic) bond motifs is 1. The van der Waals surface area contributed by atoms with Crippen LogP contribution in [0.4, 0.5) is 4.39 Å². The first kappa shape index (κ1) is 17.6. The lowest BCUT2D eigenvalue weighted by atomic mass is 10.0. The van der Waals surface area contributed by atoms with Crippen molar-refractivity contribution in [2.75, 3.05) is 26.2 Å². The molecule has 1 saturated heterocycles. The molecule has 2 heterocycles. The normalized spacial score (nSPS) is 15.6. The summed E-state index contributed by atoms with van der Waals surface area (Å²) in [6, 6.07) is 4.16. The van der Waals surface area contributed by atoms with Gasteiger partial charge in [0.1, 0.15) is 5.82 Å². The Labute approximate surface area is 144 Å². The molecule has 134 valence electrons. The predicted octanol–water partition coefficient (Wildman–Crippen LogP) is 1.65. The van der Waals surface area contributed by atoms with E-state index in [1.807, 2.05) is 6.92 Å². The minimum absolute atomic E-state index is 0.0288. The molecule has 0 atom stereocenters. The zero-order valence-electron chi connectivity index (χ0n) is 14.2. The lowest BCUT2D eigenvalue weighted by Crippen LogP contribution is -2.44. The van der Waals surface area contributed by atoms with Gasteiger partial charge in [-0.25, -0.2) is 9.18 Å². The number of pyridine rings is 1. The molecule has 0 saturated carbocycles. The number of halogens is 1. The molecule has 0 spiro atoms. The van der Waals surface area contributed by atoms with Gasteiger partial charge in [0.25, 0.3) is 5.56 Å². The zero-order chi connectivity index (χ0) is 18.0. The summed E-state index contributed by atoms with van der Waals surface area (Å²) in [4.78, 5) is 27.0. The lowest BCUT2D eigenvalue weighted by Gasteiger charge is -2.29. The van der Waals surface area contributed by atoms with Crippen LogP contribution in [0.3, 0.4) is 0 Å². The Bertz CT molecular complexity index is 857. The molecule has 6 nitrogen and oxygen atoms in total. The summed E-state index contributed by atoms with van der Waals surface area (Å²) in [5.74, 6) is -1.81. The standard InChI is InChI=1S/C18H22FN3O3/c1-2-8-22-14(11-21-9-6-20-7-10-21)16(18(24)25)12-4-3-5-13(19)15(12)17(22)23/h3-5,20H,2,6-11H2,1H3,(H,24,25). The van der Waals surface area contributed by atoms with Crippen molar-refractivity contribution in [2.45, 2.75) is 26.4 Å². The first-order chi connectivity index (χ1) is 12.0. The largest absolute Gasteiger partial charge is 0.478 e. The topological polar surface area (TPSA) is 74.6 Å². The van der Waals surface area contributed by atoms with Crippen molar-refractivity contribution >= 4 is 16.7 Å². The highest BCUT2D eigenvalue weighted by molar-refractivity contribution is 6.04. The first-order valence-corrected chi connectivity index (χ1v) is 8.54. The van der Waals surface area contributed by atoms with Gasteiger partial charge in [0.15, 0.2) is 0 Å². The maximum Gasteiger partial charge on any atom is 0.338 e. The van der Waals surface area contributed by atoms with Crippen LogP contribution in [0.2, 0.25) is 0 Å². The number of aromatic nitrogens is 1. The van der Waals surface area contributed by atoms with Gasteiger partial charge in [-0.3, -0.25) is 9.69 Å². The summed E-state index contributed by atoms with van der Waals surface area (Å²) in [6.45, 7) is 5.84. The predicted molar refractivity (Wildman–Crippen MR) is 93.6 cm³/mol. The van der Waals surface area contributed by atoms with E-state index >= 15 is 0 Å². The Morgan fingerprint density at radius 3 is 2.68 bits per heavy atom. The van der Waals surface area contributed by atoms with Gasteiger partial charge in [0, 0.05) is 44.7 Å². The van der Waals surface area contributed by atoms with Crippen molar-refractivity contribution in [3.05, 3.63) is 45.6 Å². The molecule has 2 N–H and O–H groups in total. The van der Waals surface area contributed by atoms with Crippen LogP contribution in [0.1, 0.15) is 29.4 Å². The molecule has 0 aliphatic carbocycles. The lowest BCUT2D eigenvalue weighted by molar-refractivity contribution is 0.0694. The van der Waals surface area contributed by atoms with Crippen molar-refractivity contribution in [3.8, 4) is 0 Å². The molecule has 1 aromatic heterocycles. The van der Waals surface area contributed by atoms with Crippen LogP contribution >= 0.6 is 0 Å². The van der Waals surface area contributed by atoms with Crippen LogP contribution in [0, 0.1) is 5.82 Å². The molecule has 25 heavy (non-hydrogen) atoms. The van der Waals surface area contributed by atoms with Gasteiger partial charge in [-0.1, -0.05) is 19.1 Å². The van der Waals surface area contributed by atoms with E-state index in [1.165, 1.54) is 22.8 Å².